The van der Waals surface area contributed by atoms with Gasteiger partial charge in [-0.3, -0.25) is 0 Å². The molecule has 6 heteroatoms. The molecule has 2 aliphatic heterocycles. The number of benzene rings is 15. The van der Waals surface area contributed by atoms with Crippen LogP contribution in [0, 0.1) is 0 Å². The minimum atomic E-state index is -0.194. The van der Waals surface area contributed by atoms with Crippen molar-refractivity contribution < 1.29 is 0 Å². The molecule has 3 heterocycles. The van der Waals surface area contributed by atoms with Gasteiger partial charge in [-0.25, -0.2) is 15.0 Å². The van der Waals surface area contributed by atoms with Crippen LogP contribution in [0.4, 0.5) is 34.1 Å². The Labute approximate surface area is 479 Å². The molecule has 0 radical (unpaired) electrons. The number of fused-ring (bicyclic) bond motifs is 6. The molecular formula is C77H46BN5. The van der Waals surface area contributed by atoms with Crippen LogP contribution < -0.4 is 26.2 Å². The maximum Gasteiger partial charge on any atom is 0.252 e. The lowest BCUT2D eigenvalue weighted by Crippen LogP contribution is -2.61. The summed E-state index contributed by atoms with van der Waals surface area (Å²) in [5, 5.41) is 14.9. The lowest BCUT2D eigenvalue weighted by Gasteiger charge is -2.45. The van der Waals surface area contributed by atoms with Crippen LogP contribution in [0.5, 0.6) is 0 Å². The highest BCUT2D eigenvalue weighted by Crippen LogP contribution is 2.52. The molecule has 0 saturated carbocycles. The van der Waals surface area contributed by atoms with Crippen molar-refractivity contribution >= 4 is 122 Å². The average molecular weight is 1050 g/mol. The summed E-state index contributed by atoms with van der Waals surface area (Å²) in [7, 11) is 0. The topological polar surface area (TPSA) is 45.2 Å². The van der Waals surface area contributed by atoms with Gasteiger partial charge in [0, 0.05) is 61.6 Å². The van der Waals surface area contributed by atoms with Gasteiger partial charge in [0.1, 0.15) is 0 Å². The molecule has 83 heavy (non-hydrogen) atoms. The first kappa shape index (κ1) is 45.9. The van der Waals surface area contributed by atoms with Gasteiger partial charge in [-0.15, -0.1) is 0 Å². The Morgan fingerprint density at radius 1 is 0.253 bits per heavy atom. The minimum Gasteiger partial charge on any atom is -0.311 e. The van der Waals surface area contributed by atoms with E-state index in [4.69, 9.17) is 15.0 Å². The van der Waals surface area contributed by atoms with E-state index in [2.05, 4.69) is 252 Å². The summed E-state index contributed by atoms with van der Waals surface area (Å²) >= 11 is 0. The van der Waals surface area contributed by atoms with Crippen LogP contribution in [-0.2, 0) is 0 Å². The highest BCUT2D eigenvalue weighted by atomic mass is 15.2. The van der Waals surface area contributed by atoms with Crippen LogP contribution in [0.15, 0.2) is 279 Å². The molecule has 1 aromatic heterocycles. The maximum absolute atomic E-state index is 5.49. The summed E-state index contributed by atoms with van der Waals surface area (Å²) in [4.78, 5) is 21.3. The zero-order valence-corrected chi connectivity index (χ0v) is 44.9. The first-order valence-electron chi connectivity index (χ1n) is 28.5. The molecule has 0 fully saturated rings. The summed E-state index contributed by atoms with van der Waals surface area (Å²) in [6, 6.07) is 102. The second-order valence-electron chi connectivity index (χ2n) is 22.2. The third kappa shape index (κ3) is 6.93. The second kappa shape index (κ2) is 17.8. The van der Waals surface area contributed by atoms with Crippen molar-refractivity contribution in [2.24, 2.45) is 0 Å². The summed E-state index contributed by atoms with van der Waals surface area (Å²) < 4.78 is 0. The van der Waals surface area contributed by atoms with Crippen molar-refractivity contribution in [2.45, 2.75) is 0 Å². The molecular weight excluding hydrogens is 1010 g/mol. The van der Waals surface area contributed by atoms with E-state index in [9.17, 15) is 0 Å². The Morgan fingerprint density at radius 3 is 0.988 bits per heavy atom. The predicted molar refractivity (Wildman–Crippen MR) is 348 cm³/mol. The van der Waals surface area contributed by atoms with Crippen LogP contribution in [0.25, 0.3) is 121 Å². The van der Waals surface area contributed by atoms with E-state index < -0.39 is 0 Å². The van der Waals surface area contributed by atoms with Gasteiger partial charge < -0.3 is 9.80 Å². The van der Waals surface area contributed by atoms with Crippen LogP contribution in [0.2, 0.25) is 0 Å². The Kier molecular flexibility index (Phi) is 9.83. The standard InChI is InChI=1S/C77H46BN5/c1-5-15-47(16-6-1)49-31-37-60(38-32-49)82-66-45-59(77-80-75(55-19-9-3-10-20-55)79-76(81-77)56-21-11-4-12-22-56)46-67-72(66)78(64-43-57-29-27-51-23-13-25-53-35-41-62(73(64)82)70(57)68(51)53)65-44-58-30-28-52-24-14-26-54-36-42-63(71(58)69(52)54)74(65)83(67)61-39-33-50(34-40-61)48-17-7-2-8-18-48/h1-46H. The van der Waals surface area contributed by atoms with Gasteiger partial charge >= 0.3 is 0 Å². The van der Waals surface area contributed by atoms with Crippen LogP contribution in [-0.4, -0.2) is 21.7 Å². The molecule has 0 spiro atoms. The van der Waals surface area contributed by atoms with E-state index in [1.807, 2.05) is 36.4 Å². The lowest BCUT2D eigenvalue weighted by atomic mass is 9.33. The van der Waals surface area contributed by atoms with E-state index >= 15 is 0 Å². The van der Waals surface area contributed by atoms with E-state index in [0.29, 0.717) is 17.5 Å². The van der Waals surface area contributed by atoms with Gasteiger partial charge in [0.05, 0.1) is 0 Å². The molecule has 16 aromatic rings. The summed E-state index contributed by atoms with van der Waals surface area (Å²) in [5.41, 5.74) is 17.7. The van der Waals surface area contributed by atoms with Gasteiger partial charge in [-0.05, 0) is 129 Å². The molecule has 0 atom stereocenters. The van der Waals surface area contributed by atoms with E-state index in [0.717, 1.165) is 50.6 Å². The summed E-state index contributed by atoms with van der Waals surface area (Å²) in [5.74, 6) is 1.82. The molecule has 0 N–H and O–H groups in total. The Balaban J connectivity index is 1.00. The molecule has 15 aromatic carbocycles. The summed E-state index contributed by atoms with van der Waals surface area (Å²) in [6.07, 6.45) is 0. The smallest absolute Gasteiger partial charge is 0.252 e. The van der Waals surface area contributed by atoms with Crippen LogP contribution in [0.3, 0.4) is 0 Å². The molecule has 0 aliphatic carbocycles. The van der Waals surface area contributed by atoms with Crippen molar-refractivity contribution in [3.05, 3.63) is 279 Å². The van der Waals surface area contributed by atoms with Gasteiger partial charge in [0.2, 0.25) is 0 Å². The third-order valence-electron chi connectivity index (χ3n) is 17.7. The monoisotopic (exact) mass is 1050 g/mol. The highest BCUT2D eigenvalue weighted by Gasteiger charge is 2.46. The summed E-state index contributed by atoms with van der Waals surface area (Å²) in [6.45, 7) is -0.194. The van der Waals surface area contributed by atoms with E-state index in [-0.39, 0.29) is 6.71 Å². The van der Waals surface area contributed by atoms with Gasteiger partial charge in [-0.2, -0.15) is 0 Å². The molecule has 382 valence electrons. The Morgan fingerprint density at radius 2 is 0.590 bits per heavy atom. The van der Waals surface area contributed by atoms with Crippen molar-refractivity contribution in [3.63, 3.8) is 0 Å². The van der Waals surface area contributed by atoms with Crippen molar-refractivity contribution in [1.82, 2.24) is 15.0 Å². The zero-order chi connectivity index (χ0) is 54.3. The number of rotatable bonds is 7. The first-order chi connectivity index (χ1) is 41.1. The molecule has 18 rings (SSSR count). The minimum absolute atomic E-state index is 0.194. The van der Waals surface area contributed by atoms with Gasteiger partial charge in [0.25, 0.3) is 6.71 Å². The quantitative estimate of drug-likeness (QED) is 0.118. The van der Waals surface area contributed by atoms with Crippen molar-refractivity contribution in [1.29, 1.82) is 0 Å². The van der Waals surface area contributed by atoms with Crippen LogP contribution in [0.1, 0.15) is 0 Å². The fourth-order valence-corrected chi connectivity index (χ4v) is 14.1. The fraction of sp³-hybridized carbons (Fsp3) is 0. The maximum atomic E-state index is 5.49. The van der Waals surface area contributed by atoms with E-state index in [1.54, 1.807) is 0 Å². The Hall–Kier alpha value is -10.9. The molecule has 0 bridgehead atoms. The predicted octanol–water partition coefficient (Wildman–Crippen LogP) is 18.1. The number of aromatic nitrogens is 3. The number of hydrogen-bond donors (Lipinski definition) is 0. The normalized spacial score (nSPS) is 12.7. The van der Waals surface area contributed by atoms with Crippen molar-refractivity contribution in [2.75, 3.05) is 9.80 Å². The molecule has 2 aliphatic rings. The average Bonchev–Trinajstić information content (AvgIpc) is 1.76. The fourth-order valence-electron chi connectivity index (χ4n) is 14.1. The van der Waals surface area contributed by atoms with E-state index in [1.165, 1.54) is 104 Å². The molecule has 5 nitrogen and oxygen atoms in total. The highest BCUT2D eigenvalue weighted by molar-refractivity contribution is 7.01. The third-order valence-corrected chi connectivity index (χ3v) is 17.7. The second-order valence-corrected chi connectivity index (χ2v) is 22.2. The molecule has 0 unspecified atom stereocenters. The number of nitrogens with zero attached hydrogens (tertiary/aromatic N) is 5. The Bertz CT molecular complexity index is 4890. The SMILES string of the molecule is c1ccc(-c2ccc(N3c4cc(-c5nc(-c6ccccc6)nc(-c6ccccc6)n5)cc5c4B(c4cc6ccc7cccc8ccc(c43)c6c78)c3cc4ccc6cccc7ccc(c3N5c3ccc(-c5ccccc5)cc3)c4c67)cc2)cc1. The van der Waals surface area contributed by atoms with Gasteiger partial charge in [-0.1, -0.05) is 243 Å². The molecule has 0 saturated heterocycles. The van der Waals surface area contributed by atoms with Crippen LogP contribution >= 0.6 is 0 Å². The zero-order valence-electron chi connectivity index (χ0n) is 44.9. The largest absolute Gasteiger partial charge is 0.311 e. The number of anilines is 6. The first-order valence-corrected chi connectivity index (χ1v) is 28.5. The lowest BCUT2D eigenvalue weighted by molar-refractivity contribution is 1.07. The van der Waals surface area contributed by atoms with Gasteiger partial charge in [0.15, 0.2) is 17.5 Å². The van der Waals surface area contributed by atoms with Crippen molar-refractivity contribution in [3.8, 4) is 56.4 Å². The number of hydrogen-bond acceptors (Lipinski definition) is 5. The molecule has 0 amide bonds.